The summed E-state index contributed by atoms with van der Waals surface area (Å²) in [5.41, 5.74) is 5.80. The predicted molar refractivity (Wildman–Crippen MR) is 59.6 cm³/mol. The van der Waals surface area contributed by atoms with Gasteiger partial charge in [0.05, 0.1) is 0 Å². The van der Waals surface area contributed by atoms with Gasteiger partial charge in [-0.05, 0) is 35.6 Å². The molecule has 1 heterocycles. The Bertz CT molecular complexity index is 440. The molecule has 0 saturated carbocycles. The smallest absolute Gasteiger partial charge is 0.0461 e. The summed E-state index contributed by atoms with van der Waals surface area (Å²) in [6, 6.07) is 8.72. The molecule has 0 aromatic heterocycles. The first-order valence-electron chi connectivity index (χ1n) is 5.15. The van der Waals surface area contributed by atoms with Crippen LogP contribution in [-0.4, -0.2) is 12.8 Å². The average Bonchev–Trinajstić information content (AvgIpc) is 2.66. The molecule has 0 bridgehead atoms. The Labute approximate surface area is 84.2 Å². The molecule has 1 aromatic carbocycles. The normalized spacial score (nSPS) is 23.6. The van der Waals surface area contributed by atoms with Crippen LogP contribution in [0.15, 0.2) is 34.8 Å². The standard InChI is InChI=1S/C13H13N/c1-9-12-5-3-2-4-10(12)6-11-7-14-8-13(9)11/h2-5,8,11H,6-7H2,1H3. The molecule has 1 atom stereocenters. The lowest BCUT2D eigenvalue weighted by Crippen LogP contribution is -2.14. The summed E-state index contributed by atoms with van der Waals surface area (Å²) in [4.78, 5) is 4.38. The Morgan fingerprint density at radius 2 is 2.14 bits per heavy atom. The van der Waals surface area contributed by atoms with Crippen molar-refractivity contribution in [2.75, 3.05) is 6.54 Å². The maximum atomic E-state index is 4.38. The van der Waals surface area contributed by atoms with Crippen LogP contribution in [0.25, 0.3) is 5.57 Å². The van der Waals surface area contributed by atoms with Gasteiger partial charge in [0.1, 0.15) is 0 Å². The lowest BCUT2D eigenvalue weighted by molar-refractivity contribution is 0.660. The van der Waals surface area contributed by atoms with Crippen molar-refractivity contribution in [1.29, 1.82) is 0 Å². The maximum absolute atomic E-state index is 4.38. The Morgan fingerprint density at radius 1 is 1.29 bits per heavy atom. The van der Waals surface area contributed by atoms with Gasteiger partial charge in [0, 0.05) is 18.7 Å². The van der Waals surface area contributed by atoms with Crippen molar-refractivity contribution >= 4 is 11.8 Å². The fourth-order valence-electron chi connectivity index (χ4n) is 2.54. The van der Waals surface area contributed by atoms with Gasteiger partial charge in [-0.2, -0.15) is 0 Å². The molecular formula is C13H13N. The highest BCUT2D eigenvalue weighted by Crippen LogP contribution is 2.35. The Morgan fingerprint density at radius 3 is 3.07 bits per heavy atom. The molecule has 0 spiro atoms. The van der Waals surface area contributed by atoms with E-state index in [4.69, 9.17) is 0 Å². The monoisotopic (exact) mass is 183 g/mol. The van der Waals surface area contributed by atoms with Gasteiger partial charge in [-0.25, -0.2) is 0 Å². The molecule has 70 valence electrons. The highest BCUT2D eigenvalue weighted by Gasteiger charge is 2.26. The minimum Gasteiger partial charge on any atom is -0.292 e. The van der Waals surface area contributed by atoms with E-state index in [-0.39, 0.29) is 0 Å². The van der Waals surface area contributed by atoms with Gasteiger partial charge in [0.15, 0.2) is 0 Å². The fourth-order valence-corrected chi connectivity index (χ4v) is 2.54. The van der Waals surface area contributed by atoms with E-state index in [2.05, 4.69) is 42.4 Å². The van der Waals surface area contributed by atoms with Gasteiger partial charge in [-0.1, -0.05) is 24.3 Å². The number of aliphatic imine (C=N–C) groups is 1. The zero-order chi connectivity index (χ0) is 9.54. The van der Waals surface area contributed by atoms with Gasteiger partial charge in [0.2, 0.25) is 0 Å². The molecule has 0 saturated heterocycles. The number of benzene rings is 1. The molecule has 0 N–H and O–H groups in total. The van der Waals surface area contributed by atoms with E-state index in [1.165, 1.54) is 28.7 Å². The lowest BCUT2D eigenvalue weighted by atomic mass is 9.81. The summed E-state index contributed by atoms with van der Waals surface area (Å²) in [7, 11) is 0. The van der Waals surface area contributed by atoms with Gasteiger partial charge in [0.25, 0.3) is 0 Å². The maximum Gasteiger partial charge on any atom is 0.0461 e. The third-order valence-corrected chi connectivity index (χ3v) is 3.32. The van der Waals surface area contributed by atoms with E-state index < -0.39 is 0 Å². The summed E-state index contributed by atoms with van der Waals surface area (Å²) < 4.78 is 0. The molecule has 3 rings (SSSR count). The summed E-state index contributed by atoms with van der Waals surface area (Å²) in [5, 5.41) is 0. The Balaban J connectivity index is 2.22. The van der Waals surface area contributed by atoms with Crippen LogP contribution in [0.1, 0.15) is 18.1 Å². The average molecular weight is 183 g/mol. The molecule has 1 unspecified atom stereocenters. The second-order valence-electron chi connectivity index (χ2n) is 4.13. The van der Waals surface area contributed by atoms with Crippen molar-refractivity contribution in [3.63, 3.8) is 0 Å². The van der Waals surface area contributed by atoms with Crippen molar-refractivity contribution in [2.24, 2.45) is 10.9 Å². The molecule has 1 aromatic rings. The van der Waals surface area contributed by atoms with Crippen LogP contribution >= 0.6 is 0 Å². The largest absolute Gasteiger partial charge is 0.292 e. The number of fused-ring (bicyclic) bond motifs is 2. The first kappa shape index (κ1) is 7.98. The summed E-state index contributed by atoms with van der Waals surface area (Å²) in [5.74, 6) is 0.657. The molecule has 1 nitrogen and oxygen atoms in total. The van der Waals surface area contributed by atoms with Crippen LogP contribution in [0.4, 0.5) is 0 Å². The van der Waals surface area contributed by atoms with Gasteiger partial charge >= 0.3 is 0 Å². The molecule has 1 heteroatoms. The highest BCUT2D eigenvalue weighted by molar-refractivity contribution is 5.94. The first-order chi connectivity index (χ1) is 6.86. The molecule has 14 heavy (non-hydrogen) atoms. The Hall–Kier alpha value is -1.37. The summed E-state index contributed by atoms with van der Waals surface area (Å²) >= 11 is 0. The molecule has 0 amide bonds. The predicted octanol–water partition coefficient (Wildman–Crippen LogP) is 2.72. The highest BCUT2D eigenvalue weighted by atomic mass is 14.8. The van der Waals surface area contributed by atoms with Crippen molar-refractivity contribution < 1.29 is 0 Å². The van der Waals surface area contributed by atoms with E-state index in [0.29, 0.717) is 5.92 Å². The van der Waals surface area contributed by atoms with Gasteiger partial charge in [-0.15, -0.1) is 0 Å². The van der Waals surface area contributed by atoms with Crippen molar-refractivity contribution in [1.82, 2.24) is 0 Å². The van der Waals surface area contributed by atoms with Crippen LogP contribution in [0, 0.1) is 5.92 Å². The molecule has 0 fully saturated rings. The lowest BCUT2D eigenvalue weighted by Gasteiger charge is -2.23. The van der Waals surface area contributed by atoms with Gasteiger partial charge < -0.3 is 0 Å². The van der Waals surface area contributed by atoms with Crippen molar-refractivity contribution in [3.05, 3.63) is 41.0 Å². The number of allylic oxidation sites excluding steroid dienone is 1. The number of nitrogens with zero attached hydrogens (tertiary/aromatic N) is 1. The second kappa shape index (κ2) is 2.81. The van der Waals surface area contributed by atoms with E-state index in [1.54, 1.807) is 0 Å². The third kappa shape index (κ3) is 0.985. The molecule has 2 aliphatic rings. The number of rotatable bonds is 0. The van der Waals surface area contributed by atoms with E-state index >= 15 is 0 Å². The fraction of sp³-hybridized carbons (Fsp3) is 0.308. The van der Waals surface area contributed by atoms with Crippen LogP contribution < -0.4 is 0 Å². The summed E-state index contributed by atoms with van der Waals surface area (Å²) in [6.07, 6.45) is 3.23. The van der Waals surface area contributed by atoms with Gasteiger partial charge in [-0.3, -0.25) is 4.99 Å². The van der Waals surface area contributed by atoms with Crippen LogP contribution in [0.3, 0.4) is 0 Å². The second-order valence-corrected chi connectivity index (χ2v) is 4.13. The van der Waals surface area contributed by atoms with E-state index in [1.807, 2.05) is 0 Å². The third-order valence-electron chi connectivity index (χ3n) is 3.32. The SMILES string of the molecule is CC1=C2C=NCC2Cc2ccccc21. The van der Waals surface area contributed by atoms with E-state index in [9.17, 15) is 0 Å². The first-order valence-corrected chi connectivity index (χ1v) is 5.15. The summed E-state index contributed by atoms with van der Waals surface area (Å²) in [6.45, 7) is 3.21. The zero-order valence-corrected chi connectivity index (χ0v) is 8.33. The van der Waals surface area contributed by atoms with E-state index in [0.717, 1.165) is 6.54 Å². The van der Waals surface area contributed by atoms with Crippen molar-refractivity contribution in [2.45, 2.75) is 13.3 Å². The minimum absolute atomic E-state index is 0.657. The molecule has 1 aliphatic heterocycles. The topological polar surface area (TPSA) is 12.4 Å². The quantitative estimate of drug-likeness (QED) is 0.586. The Kier molecular flexibility index (Phi) is 1.60. The number of hydrogen-bond donors (Lipinski definition) is 0. The van der Waals surface area contributed by atoms with Crippen LogP contribution in [0.2, 0.25) is 0 Å². The van der Waals surface area contributed by atoms with Crippen LogP contribution in [-0.2, 0) is 6.42 Å². The van der Waals surface area contributed by atoms with Crippen molar-refractivity contribution in [3.8, 4) is 0 Å². The molecule has 1 aliphatic carbocycles. The molecule has 0 radical (unpaired) electrons. The van der Waals surface area contributed by atoms with Crippen LogP contribution in [0.5, 0.6) is 0 Å². The minimum atomic E-state index is 0.657. The zero-order valence-electron chi connectivity index (χ0n) is 8.33. The number of hydrogen-bond acceptors (Lipinski definition) is 1. The molecular weight excluding hydrogens is 170 g/mol.